The lowest BCUT2D eigenvalue weighted by molar-refractivity contribution is 0.491. The number of anilines is 3. The van der Waals surface area contributed by atoms with E-state index in [0.717, 1.165) is 21.1 Å². The van der Waals surface area contributed by atoms with E-state index < -0.39 is 15.6 Å². The normalized spacial score (nSPS) is 12.0. The molecule has 0 bridgehead atoms. The van der Waals surface area contributed by atoms with E-state index in [2.05, 4.69) is 25.3 Å². The highest BCUT2D eigenvalue weighted by Gasteiger charge is 2.26. The maximum atomic E-state index is 13.4. The first-order chi connectivity index (χ1) is 16.1. The van der Waals surface area contributed by atoms with Gasteiger partial charge in [-0.25, -0.2) is 23.1 Å². The Morgan fingerprint density at radius 2 is 1.71 bits per heavy atom. The molecule has 178 valence electrons. The molecule has 3 N–H and O–H groups in total. The standard InChI is InChI=1S/C24H28N6O2S2/c1-24(2,3)29-34(31,32)21-14-18(28-23-26-12-13-30(23)5)10-11-19(21)20-15-27-22(33-20)16-6-8-17(25-4)9-7-16/h6-15,25,29H,1-5H3,(H,26,28). The Hall–Kier alpha value is -3.21. The lowest BCUT2D eigenvalue weighted by atomic mass is 10.1. The van der Waals surface area contributed by atoms with Gasteiger partial charge in [0.25, 0.3) is 0 Å². The van der Waals surface area contributed by atoms with Crippen molar-refractivity contribution >= 4 is 38.7 Å². The summed E-state index contributed by atoms with van der Waals surface area (Å²) in [5, 5.41) is 7.11. The van der Waals surface area contributed by atoms with Crippen molar-refractivity contribution in [3.8, 4) is 21.0 Å². The summed E-state index contributed by atoms with van der Waals surface area (Å²) >= 11 is 1.45. The Morgan fingerprint density at radius 1 is 1.00 bits per heavy atom. The third kappa shape index (κ3) is 5.30. The molecule has 0 aliphatic heterocycles. The molecule has 2 heterocycles. The molecule has 4 aromatic rings. The van der Waals surface area contributed by atoms with Gasteiger partial charge in [-0.1, -0.05) is 6.07 Å². The molecule has 4 rings (SSSR count). The largest absolute Gasteiger partial charge is 0.388 e. The van der Waals surface area contributed by atoms with Crippen LogP contribution in [0.15, 0.2) is 66.0 Å². The molecule has 0 amide bonds. The lowest BCUT2D eigenvalue weighted by Crippen LogP contribution is -2.40. The second-order valence-corrected chi connectivity index (χ2v) is 11.6. The van der Waals surface area contributed by atoms with Crippen LogP contribution >= 0.6 is 11.3 Å². The van der Waals surface area contributed by atoms with E-state index in [4.69, 9.17) is 0 Å². The van der Waals surface area contributed by atoms with Crippen LogP contribution in [-0.2, 0) is 17.1 Å². The fraction of sp³-hybridized carbons (Fsp3) is 0.250. The Balaban J connectivity index is 1.77. The Bertz CT molecular complexity index is 1400. The number of rotatable bonds is 7. The average Bonchev–Trinajstić information content (AvgIpc) is 3.42. The number of imidazole rings is 1. The second-order valence-electron chi connectivity index (χ2n) is 8.91. The number of nitrogens with one attached hydrogen (secondary N) is 3. The minimum absolute atomic E-state index is 0.183. The average molecular weight is 497 g/mol. The molecule has 0 aliphatic carbocycles. The molecule has 8 nitrogen and oxygen atoms in total. The topological polar surface area (TPSA) is 101 Å². The van der Waals surface area contributed by atoms with Gasteiger partial charge in [0, 0.05) is 60.7 Å². The van der Waals surface area contributed by atoms with Crippen molar-refractivity contribution in [1.82, 2.24) is 19.3 Å². The van der Waals surface area contributed by atoms with Crippen molar-refractivity contribution in [2.45, 2.75) is 31.2 Å². The van der Waals surface area contributed by atoms with Crippen LogP contribution in [0.2, 0.25) is 0 Å². The highest BCUT2D eigenvalue weighted by Crippen LogP contribution is 2.37. The quantitative estimate of drug-likeness (QED) is 0.330. The van der Waals surface area contributed by atoms with Crippen molar-refractivity contribution in [2.24, 2.45) is 7.05 Å². The number of thiazole rings is 1. The summed E-state index contributed by atoms with van der Waals surface area (Å²) in [4.78, 5) is 9.78. The minimum Gasteiger partial charge on any atom is -0.388 e. The van der Waals surface area contributed by atoms with Gasteiger partial charge in [0.1, 0.15) is 5.01 Å². The van der Waals surface area contributed by atoms with Gasteiger partial charge < -0.3 is 15.2 Å². The highest BCUT2D eigenvalue weighted by molar-refractivity contribution is 7.89. The third-order valence-corrected chi connectivity index (χ3v) is 7.86. The van der Waals surface area contributed by atoms with Gasteiger partial charge in [-0.05, 0) is 57.2 Å². The molecule has 2 aromatic heterocycles. The number of sulfonamides is 1. The molecule has 0 spiro atoms. The third-order valence-electron chi connectivity index (χ3n) is 4.98. The first-order valence-electron chi connectivity index (χ1n) is 10.7. The van der Waals surface area contributed by atoms with E-state index in [1.54, 1.807) is 18.5 Å². The molecule has 34 heavy (non-hydrogen) atoms. The fourth-order valence-corrected chi connectivity index (χ4v) is 6.10. The summed E-state index contributed by atoms with van der Waals surface area (Å²) in [6.45, 7) is 5.46. The Kier molecular flexibility index (Phi) is 6.48. The predicted molar refractivity (Wildman–Crippen MR) is 139 cm³/mol. The van der Waals surface area contributed by atoms with Gasteiger partial charge in [-0.15, -0.1) is 11.3 Å². The Morgan fingerprint density at radius 3 is 2.32 bits per heavy atom. The van der Waals surface area contributed by atoms with Crippen LogP contribution in [0.5, 0.6) is 0 Å². The van der Waals surface area contributed by atoms with Gasteiger partial charge in [0.05, 0.1) is 9.77 Å². The van der Waals surface area contributed by atoms with Crippen LogP contribution < -0.4 is 15.4 Å². The predicted octanol–water partition coefficient (Wildman–Crippen LogP) is 5.07. The number of nitrogens with zero attached hydrogens (tertiary/aromatic N) is 3. The van der Waals surface area contributed by atoms with Gasteiger partial charge >= 0.3 is 0 Å². The number of benzene rings is 2. The Labute approximate surface area is 204 Å². The zero-order valence-electron chi connectivity index (χ0n) is 19.7. The van der Waals surface area contributed by atoms with Crippen molar-refractivity contribution in [3.63, 3.8) is 0 Å². The molecule has 2 aromatic carbocycles. The summed E-state index contributed by atoms with van der Waals surface area (Å²) in [5.41, 5.74) is 2.57. The summed E-state index contributed by atoms with van der Waals surface area (Å²) in [7, 11) is -0.0822. The molecule has 10 heteroatoms. The van der Waals surface area contributed by atoms with Crippen LogP contribution in [0.1, 0.15) is 20.8 Å². The first kappa shape index (κ1) is 23.9. The van der Waals surface area contributed by atoms with Gasteiger partial charge in [-0.3, -0.25) is 0 Å². The van der Waals surface area contributed by atoms with E-state index >= 15 is 0 Å². The molecule has 0 radical (unpaired) electrons. The molecular weight excluding hydrogens is 468 g/mol. The smallest absolute Gasteiger partial charge is 0.241 e. The van der Waals surface area contributed by atoms with Crippen LogP contribution in [0, 0.1) is 0 Å². The number of aryl methyl sites for hydroxylation is 1. The summed E-state index contributed by atoms with van der Waals surface area (Å²) in [5.74, 6) is 0.616. The zero-order valence-corrected chi connectivity index (χ0v) is 21.4. The lowest BCUT2D eigenvalue weighted by Gasteiger charge is -2.22. The van der Waals surface area contributed by atoms with E-state index in [9.17, 15) is 8.42 Å². The molecular formula is C24H28N6O2S2. The molecule has 0 unspecified atom stereocenters. The summed E-state index contributed by atoms with van der Waals surface area (Å²) in [6.07, 6.45) is 5.22. The van der Waals surface area contributed by atoms with E-state index in [1.807, 2.05) is 82.0 Å². The minimum atomic E-state index is -3.82. The van der Waals surface area contributed by atoms with Crippen LogP contribution in [-0.4, -0.2) is 35.5 Å². The zero-order chi connectivity index (χ0) is 24.5. The number of hydrogen-bond acceptors (Lipinski definition) is 7. The number of aromatic nitrogens is 3. The second kappa shape index (κ2) is 9.21. The maximum Gasteiger partial charge on any atom is 0.241 e. The van der Waals surface area contributed by atoms with Gasteiger partial charge in [0.15, 0.2) is 0 Å². The van der Waals surface area contributed by atoms with Crippen molar-refractivity contribution in [1.29, 1.82) is 0 Å². The van der Waals surface area contributed by atoms with Gasteiger partial charge in [0.2, 0.25) is 16.0 Å². The molecule has 0 aliphatic rings. The summed E-state index contributed by atoms with van der Waals surface area (Å²) in [6, 6.07) is 13.2. The van der Waals surface area contributed by atoms with Crippen molar-refractivity contribution in [2.75, 3.05) is 17.7 Å². The number of hydrogen-bond donors (Lipinski definition) is 3. The van der Waals surface area contributed by atoms with Crippen molar-refractivity contribution < 1.29 is 8.42 Å². The highest BCUT2D eigenvalue weighted by atomic mass is 32.2. The van der Waals surface area contributed by atoms with Crippen LogP contribution in [0.3, 0.4) is 0 Å². The maximum absolute atomic E-state index is 13.4. The van der Waals surface area contributed by atoms with E-state index in [0.29, 0.717) is 17.2 Å². The van der Waals surface area contributed by atoms with E-state index in [-0.39, 0.29) is 4.90 Å². The SMILES string of the molecule is CNc1ccc(-c2ncc(-c3ccc(Nc4nccn4C)cc3S(=O)(=O)NC(C)(C)C)s2)cc1. The summed E-state index contributed by atoms with van der Waals surface area (Å²) < 4.78 is 31.5. The van der Waals surface area contributed by atoms with Gasteiger partial charge in [-0.2, -0.15) is 0 Å². The van der Waals surface area contributed by atoms with Crippen LogP contribution in [0.4, 0.5) is 17.3 Å². The van der Waals surface area contributed by atoms with Crippen LogP contribution in [0.25, 0.3) is 21.0 Å². The first-order valence-corrected chi connectivity index (χ1v) is 13.0. The monoisotopic (exact) mass is 496 g/mol. The molecule has 0 saturated carbocycles. The molecule has 0 fully saturated rings. The fourth-order valence-electron chi connectivity index (χ4n) is 3.41. The molecule has 0 atom stereocenters. The molecule has 0 saturated heterocycles. The van der Waals surface area contributed by atoms with E-state index in [1.165, 1.54) is 11.3 Å². The van der Waals surface area contributed by atoms with Crippen molar-refractivity contribution in [3.05, 3.63) is 61.1 Å².